The van der Waals surface area contributed by atoms with Gasteiger partial charge in [0.1, 0.15) is 5.71 Å². The van der Waals surface area contributed by atoms with Crippen LogP contribution in [-0.2, 0) is 6.18 Å². The van der Waals surface area contributed by atoms with Crippen molar-refractivity contribution in [2.45, 2.75) is 42.8 Å². The van der Waals surface area contributed by atoms with E-state index in [1.165, 1.54) is 16.4 Å². The van der Waals surface area contributed by atoms with E-state index >= 15 is 0 Å². The highest BCUT2D eigenvalue weighted by Crippen LogP contribution is 2.35. The van der Waals surface area contributed by atoms with Gasteiger partial charge in [-0.2, -0.15) is 18.3 Å². The van der Waals surface area contributed by atoms with E-state index in [9.17, 15) is 18.4 Å². The minimum atomic E-state index is -4.52. The average Bonchev–Trinajstić information content (AvgIpc) is 3.25. The van der Waals surface area contributed by atoms with Crippen LogP contribution in [0, 0.1) is 0 Å². The molecule has 0 saturated heterocycles. The summed E-state index contributed by atoms with van der Waals surface area (Å²) < 4.78 is 40.7. The van der Waals surface area contributed by atoms with Gasteiger partial charge in [0.25, 0.3) is 0 Å². The first-order valence-electron chi connectivity index (χ1n) is 8.05. The number of thioether (sulfide) groups is 1. The fourth-order valence-corrected chi connectivity index (χ4v) is 3.86. The maximum atomic E-state index is 13.1. The van der Waals surface area contributed by atoms with Crippen LogP contribution in [0.15, 0.2) is 46.4 Å². The molecule has 2 aromatic rings. The number of rotatable bonds is 5. The summed E-state index contributed by atoms with van der Waals surface area (Å²) in [6, 6.07) is 10.3. The molecule has 1 aromatic heterocycles. The first-order valence-corrected chi connectivity index (χ1v) is 9.03. The predicted octanol–water partition coefficient (Wildman–Crippen LogP) is 4.99. The van der Waals surface area contributed by atoms with Gasteiger partial charge in [-0.25, -0.2) is 0 Å². The van der Waals surface area contributed by atoms with Crippen LogP contribution in [0.1, 0.15) is 43.1 Å². The van der Waals surface area contributed by atoms with Crippen LogP contribution < -0.4 is 0 Å². The fourth-order valence-electron chi connectivity index (χ4n) is 3.00. The summed E-state index contributed by atoms with van der Waals surface area (Å²) >= 11 is 1.40. The Labute approximate surface area is 147 Å². The van der Waals surface area contributed by atoms with Crippen molar-refractivity contribution in [3.8, 4) is 0 Å². The Morgan fingerprint density at radius 1 is 1.24 bits per heavy atom. The first kappa shape index (κ1) is 17.8. The molecule has 0 unspecified atom stereocenters. The smallest absolute Gasteiger partial charge is 0.411 e. The molecule has 1 saturated carbocycles. The minimum Gasteiger partial charge on any atom is -0.411 e. The van der Waals surface area contributed by atoms with Crippen molar-refractivity contribution >= 4 is 17.5 Å². The number of nitrogens with zero attached hydrogens (tertiary/aromatic N) is 3. The molecule has 134 valence electrons. The molecule has 0 bridgehead atoms. The SMILES string of the molecule is O/N=C(\CSc1ccccc1)c1cc(C(F)(F)F)nn1C1CCCC1. The average molecular weight is 369 g/mol. The van der Waals surface area contributed by atoms with Crippen LogP contribution in [0.25, 0.3) is 0 Å². The molecule has 1 N–H and O–H groups in total. The summed E-state index contributed by atoms with van der Waals surface area (Å²) in [6.07, 6.45) is -1.01. The van der Waals surface area contributed by atoms with E-state index in [2.05, 4.69) is 10.3 Å². The Kier molecular flexibility index (Phi) is 5.36. The zero-order valence-electron chi connectivity index (χ0n) is 13.4. The molecule has 0 atom stereocenters. The Morgan fingerprint density at radius 2 is 1.92 bits per heavy atom. The van der Waals surface area contributed by atoms with Crippen molar-refractivity contribution < 1.29 is 18.4 Å². The van der Waals surface area contributed by atoms with Gasteiger partial charge in [0, 0.05) is 10.6 Å². The molecule has 1 aliphatic carbocycles. The number of aromatic nitrogens is 2. The van der Waals surface area contributed by atoms with Crippen LogP contribution in [-0.4, -0.2) is 26.5 Å². The van der Waals surface area contributed by atoms with Crippen molar-refractivity contribution in [2.75, 3.05) is 5.75 Å². The second-order valence-electron chi connectivity index (χ2n) is 5.94. The third-order valence-corrected chi connectivity index (χ3v) is 5.26. The van der Waals surface area contributed by atoms with Crippen molar-refractivity contribution in [3.05, 3.63) is 47.8 Å². The van der Waals surface area contributed by atoms with Gasteiger partial charge in [-0.15, -0.1) is 11.8 Å². The van der Waals surface area contributed by atoms with Gasteiger partial charge in [0.15, 0.2) is 5.69 Å². The summed E-state index contributed by atoms with van der Waals surface area (Å²) in [4.78, 5) is 0.951. The van der Waals surface area contributed by atoms with Gasteiger partial charge in [-0.05, 0) is 31.0 Å². The number of halogens is 3. The summed E-state index contributed by atoms with van der Waals surface area (Å²) in [5.74, 6) is 0.260. The van der Waals surface area contributed by atoms with Gasteiger partial charge in [0.2, 0.25) is 0 Å². The Hall–Kier alpha value is -1.96. The van der Waals surface area contributed by atoms with Gasteiger partial charge < -0.3 is 5.21 Å². The molecule has 25 heavy (non-hydrogen) atoms. The molecule has 0 amide bonds. The highest BCUT2D eigenvalue weighted by Gasteiger charge is 2.37. The van der Waals surface area contributed by atoms with Crippen LogP contribution >= 0.6 is 11.8 Å². The Balaban J connectivity index is 1.88. The summed E-state index contributed by atoms with van der Waals surface area (Å²) in [5.41, 5.74) is -0.505. The largest absolute Gasteiger partial charge is 0.435 e. The number of oxime groups is 1. The lowest BCUT2D eigenvalue weighted by atomic mass is 10.2. The third kappa shape index (κ3) is 4.18. The molecule has 1 aromatic carbocycles. The monoisotopic (exact) mass is 369 g/mol. The van der Waals surface area contributed by atoms with Gasteiger partial charge >= 0.3 is 6.18 Å². The van der Waals surface area contributed by atoms with E-state index in [-0.39, 0.29) is 23.2 Å². The molecule has 1 heterocycles. The van der Waals surface area contributed by atoms with Crippen molar-refractivity contribution in [1.29, 1.82) is 0 Å². The van der Waals surface area contributed by atoms with E-state index in [1.807, 2.05) is 30.3 Å². The van der Waals surface area contributed by atoms with Crippen LogP contribution in [0.3, 0.4) is 0 Å². The highest BCUT2D eigenvalue weighted by molar-refractivity contribution is 8.00. The van der Waals surface area contributed by atoms with E-state index in [4.69, 9.17) is 0 Å². The lowest BCUT2D eigenvalue weighted by molar-refractivity contribution is -0.141. The topological polar surface area (TPSA) is 50.4 Å². The van der Waals surface area contributed by atoms with Crippen molar-refractivity contribution in [3.63, 3.8) is 0 Å². The molecular formula is C17H18F3N3OS. The van der Waals surface area contributed by atoms with E-state index in [1.54, 1.807) is 0 Å². The van der Waals surface area contributed by atoms with E-state index in [0.717, 1.165) is 36.6 Å². The van der Waals surface area contributed by atoms with Gasteiger partial charge in [-0.1, -0.05) is 36.2 Å². The standard InChI is InChI=1S/C17H18F3N3OS/c18-17(19,20)16-10-15(23(21-16)12-6-4-5-7-12)14(22-24)11-25-13-8-2-1-3-9-13/h1-3,8-10,12,24H,4-7,11H2/b22-14+. The summed E-state index contributed by atoms with van der Waals surface area (Å²) in [5, 5.41) is 16.4. The lowest BCUT2D eigenvalue weighted by Gasteiger charge is -2.14. The van der Waals surface area contributed by atoms with Crippen molar-refractivity contribution in [2.24, 2.45) is 5.16 Å². The van der Waals surface area contributed by atoms with Crippen LogP contribution in [0.4, 0.5) is 13.2 Å². The Bertz CT molecular complexity index is 737. The number of hydrogen-bond acceptors (Lipinski definition) is 4. The van der Waals surface area contributed by atoms with E-state index in [0.29, 0.717) is 0 Å². The quantitative estimate of drug-likeness (QED) is 0.350. The molecule has 8 heteroatoms. The molecule has 4 nitrogen and oxygen atoms in total. The fraction of sp³-hybridized carbons (Fsp3) is 0.412. The molecule has 3 rings (SSSR count). The lowest BCUT2D eigenvalue weighted by Crippen LogP contribution is -2.17. The number of alkyl halides is 3. The second-order valence-corrected chi connectivity index (χ2v) is 6.99. The Morgan fingerprint density at radius 3 is 2.52 bits per heavy atom. The number of hydrogen-bond donors (Lipinski definition) is 1. The molecular weight excluding hydrogens is 351 g/mol. The predicted molar refractivity (Wildman–Crippen MR) is 90.2 cm³/mol. The number of benzene rings is 1. The maximum absolute atomic E-state index is 13.1. The summed E-state index contributed by atoms with van der Waals surface area (Å²) in [6.45, 7) is 0. The maximum Gasteiger partial charge on any atom is 0.435 e. The van der Waals surface area contributed by atoms with Gasteiger partial charge in [0.05, 0.1) is 11.7 Å². The normalized spacial score (nSPS) is 16.5. The molecule has 0 radical (unpaired) electrons. The summed E-state index contributed by atoms with van der Waals surface area (Å²) in [7, 11) is 0. The van der Waals surface area contributed by atoms with Crippen molar-refractivity contribution in [1.82, 2.24) is 9.78 Å². The van der Waals surface area contributed by atoms with Crippen LogP contribution in [0.5, 0.6) is 0 Å². The minimum absolute atomic E-state index is 0.0791. The molecule has 1 aliphatic rings. The zero-order valence-corrected chi connectivity index (χ0v) is 14.2. The first-order chi connectivity index (χ1) is 12.0. The molecule has 0 spiro atoms. The highest BCUT2D eigenvalue weighted by atomic mass is 32.2. The van der Waals surface area contributed by atoms with E-state index < -0.39 is 11.9 Å². The zero-order chi connectivity index (χ0) is 17.9. The molecule has 0 aliphatic heterocycles. The molecule has 1 fully saturated rings. The van der Waals surface area contributed by atoms with Gasteiger partial charge in [-0.3, -0.25) is 4.68 Å². The second kappa shape index (κ2) is 7.51. The van der Waals surface area contributed by atoms with Crippen LogP contribution in [0.2, 0.25) is 0 Å². The third-order valence-electron chi connectivity index (χ3n) is 4.23.